The van der Waals surface area contributed by atoms with Gasteiger partial charge >= 0.3 is 5.97 Å². The lowest BCUT2D eigenvalue weighted by Crippen LogP contribution is -2.14. The molecule has 2 nitrogen and oxygen atoms in total. The van der Waals surface area contributed by atoms with Crippen molar-refractivity contribution < 1.29 is 9.90 Å². The molecule has 0 unspecified atom stereocenters. The Kier molecular flexibility index (Phi) is 2.80. The molecule has 0 saturated heterocycles. The summed E-state index contributed by atoms with van der Waals surface area (Å²) < 4.78 is -0.931. The number of rotatable bonds is 2. The van der Waals surface area contributed by atoms with Crippen molar-refractivity contribution in [3.63, 3.8) is 0 Å². The zero-order valence-electron chi connectivity index (χ0n) is 6.26. The molecule has 0 spiro atoms. The van der Waals surface area contributed by atoms with Gasteiger partial charge in [0.2, 0.25) is 0 Å². The maximum atomic E-state index is 10.3. The maximum absolute atomic E-state index is 10.3. The van der Waals surface area contributed by atoms with Crippen LogP contribution in [0.5, 0.6) is 0 Å². The number of carboxylic acids is 1. The molecule has 12 heavy (non-hydrogen) atoms. The first kappa shape index (κ1) is 9.62. The lowest BCUT2D eigenvalue weighted by atomic mass is 10.0. The van der Waals surface area contributed by atoms with Crippen molar-refractivity contribution in [1.29, 1.82) is 0 Å². The number of halogens is 2. The van der Waals surface area contributed by atoms with Crippen LogP contribution in [-0.4, -0.2) is 15.4 Å². The van der Waals surface area contributed by atoms with E-state index in [1.165, 1.54) is 0 Å². The third-order valence-electron chi connectivity index (χ3n) is 1.51. The topological polar surface area (TPSA) is 37.3 Å². The van der Waals surface area contributed by atoms with Gasteiger partial charge in [-0.1, -0.05) is 40.9 Å². The highest BCUT2D eigenvalue weighted by Gasteiger charge is 2.24. The lowest BCUT2D eigenvalue weighted by molar-refractivity contribution is -0.136. The Morgan fingerprint density at radius 1 is 1.67 bits per heavy atom. The zero-order chi connectivity index (χ0) is 9.19. The Labute approximate surface area is 80.5 Å². The second kappa shape index (κ2) is 3.50. The number of alkyl halides is 2. The van der Waals surface area contributed by atoms with Crippen molar-refractivity contribution in [2.45, 2.75) is 17.2 Å². The van der Waals surface area contributed by atoms with Crippen LogP contribution < -0.4 is 0 Å². The fraction of sp³-hybridized carbons (Fsp3) is 0.375. The molecule has 0 aromatic rings. The van der Waals surface area contributed by atoms with E-state index in [0.717, 1.165) is 5.57 Å². The van der Waals surface area contributed by atoms with Crippen molar-refractivity contribution in [2.24, 2.45) is 0 Å². The van der Waals surface area contributed by atoms with Gasteiger partial charge in [0.25, 0.3) is 0 Å². The highest BCUT2D eigenvalue weighted by Crippen LogP contribution is 2.34. The highest BCUT2D eigenvalue weighted by molar-refractivity contribution is 6.50. The van der Waals surface area contributed by atoms with E-state index in [4.69, 9.17) is 28.3 Å². The molecule has 0 amide bonds. The van der Waals surface area contributed by atoms with Crippen LogP contribution in [0.3, 0.4) is 0 Å². The molecule has 0 saturated carbocycles. The summed E-state index contributed by atoms with van der Waals surface area (Å²) >= 11 is 11.6. The van der Waals surface area contributed by atoms with Gasteiger partial charge in [0.05, 0.1) is 6.42 Å². The van der Waals surface area contributed by atoms with E-state index in [1.807, 2.05) is 0 Å². The van der Waals surface area contributed by atoms with E-state index in [-0.39, 0.29) is 6.42 Å². The van der Waals surface area contributed by atoms with Crippen LogP contribution in [0, 0.1) is 0 Å². The minimum Gasteiger partial charge on any atom is -0.481 e. The monoisotopic (exact) mass is 206 g/mol. The summed E-state index contributed by atoms with van der Waals surface area (Å²) in [5, 5.41) is 8.48. The first-order chi connectivity index (χ1) is 5.49. The molecule has 0 fully saturated rings. The van der Waals surface area contributed by atoms with E-state index >= 15 is 0 Å². The minimum atomic E-state index is -0.931. The van der Waals surface area contributed by atoms with Crippen LogP contribution in [0.1, 0.15) is 12.8 Å². The predicted molar refractivity (Wildman–Crippen MR) is 48.5 cm³/mol. The lowest BCUT2D eigenvalue weighted by Gasteiger charge is -2.19. The van der Waals surface area contributed by atoms with Gasteiger partial charge in [-0.3, -0.25) is 4.79 Å². The first-order valence-corrected chi connectivity index (χ1v) is 4.22. The Morgan fingerprint density at radius 3 is 2.83 bits per heavy atom. The van der Waals surface area contributed by atoms with Gasteiger partial charge in [-0.25, -0.2) is 0 Å². The molecule has 0 heterocycles. The van der Waals surface area contributed by atoms with Crippen LogP contribution in [0.4, 0.5) is 0 Å². The second-order valence-electron chi connectivity index (χ2n) is 2.69. The van der Waals surface area contributed by atoms with Crippen LogP contribution in [0.2, 0.25) is 0 Å². The SMILES string of the molecule is O=C(O)CC1=CC=CC(Cl)(Cl)C1. The van der Waals surface area contributed by atoms with Gasteiger partial charge < -0.3 is 5.11 Å². The second-order valence-corrected chi connectivity index (χ2v) is 4.23. The van der Waals surface area contributed by atoms with Crippen LogP contribution >= 0.6 is 23.2 Å². The summed E-state index contributed by atoms with van der Waals surface area (Å²) in [7, 11) is 0. The quantitative estimate of drug-likeness (QED) is 0.706. The number of carbonyl (C=O) groups is 1. The van der Waals surface area contributed by atoms with Crippen LogP contribution in [0.15, 0.2) is 23.8 Å². The Bertz CT molecular complexity index is 254. The number of allylic oxidation sites excluding steroid dienone is 3. The minimum absolute atomic E-state index is 0.00549. The molecule has 0 aromatic heterocycles. The molecular formula is C8H8Cl2O2. The predicted octanol–water partition coefficient (Wildman–Crippen LogP) is 2.52. The molecular weight excluding hydrogens is 199 g/mol. The number of hydrogen-bond acceptors (Lipinski definition) is 1. The van der Waals surface area contributed by atoms with Gasteiger partial charge in [-0.15, -0.1) is 0 Å². The third-order valence-corrected chi connectivity index (χ3v) is 2.03. The number of hydrogen-bond donors (Lipinski definition) is 1. The molecule has 1 N–H and O–H groups in total. The van der Waals surface area contributed by atoms with Crippen LogP contribution in [0.25, 0.3) is 0 Å². The molecule has 4 heteroatoms. The molecule has 1 aliphatic carbocycles. The van der Waals surface area contributed by atoms with Gasteiger partial charge in [0, 0.05) is 6.42 Å². The summed E-state index contributed by atoms with van der Waals surface area (Å²) in [6.45, 7) is 0. The van der Waals surface area contributed by atoms with Gasteiger partial charge in [0.1, 0.15) is 4.33 Å². The summed E-state index contributed by atoms with van der Waals surface area (Å²) in [5.41, 5.74) is 0.745. The third kappa shape index (κ3) is 2.88. The molecule has 0 bridgehead atoms. The largest absolute Gasteiger partial charge is 0.481 e. The van der Waals surface area contributed by atoms with Crippen molar-refractivity contribution in [3.8, 4) is 0 Å². The van der Waals surface area contributed by atoms with Gasteiger partial charge in [0.15, 0.2) is 0 Å². The Morgan fingerprint density at radius 2 is 2.33 bits per heavy atom. The van der Waals surface area contributed by atoms with Crippen molar-refractivity contribution in [2.75, 3.05) is 0 Å². The van der Waals surface area contributed by atoms with E-state index in [1.54, 1.807) is 18.2 Å². The van der Waals surface area contributed by atoms with E-state index in [9.17, 15) is 4.79 Å². The molecule has 1 aliphatic rings. The molecule has 66 valence electrons. The molecule has 1 rings (SSSR count). The van der Waals surface area contributed by atoms with Crippen molar-refractivity contribution >= 4 is 29.2 Å². The molecule has 0 aromatic carbocycles. The summed E-state index contributed by atoms with van der Waals surface area (Å²) in [6, 6.07) is 0. The van der Waals surface area contributed by atoms with Crippen molar-refractivity contribution in [1.82, 2.24) is 0 Å². The number of carboxylic acid groups (broad SMARTS) is 1. The van der Waals surface area contributed by atoms with Crippen molar-refractivity contribution in [3.05, 3.63) is 23.8 Å². The first-order valence-electron chi connectivity index (χ1n) is 3.46. The van der Waals surface area contributed by atoms with E-state index < -0.39 is 10.3 Å². The summed E-state index contributed by atoms with van der Waals surface area (Å²) in [5.74, 6) is -0.860. The molecule has 0 aliphatic heterocycles. The van der Waals surface area contributed by atoms with E-state index in [2.05, 4.69) is 0 Å². The van der Waals surface area contributed by atoms with E-state index in [0.29, 0.717) is 6.42 Å². The normalized spacial score (nSPS) is 20.3. The molecule has 0 radical (unpaired) electrons. The Balaban J connectivity index is 2.64. The highest BCUT2D eigenvalue weighted by atomic mass is 35.5. The average molecular weight is 207 g/mol. The maximum Gasteiger partial charge on any atom is 0.307 e. The standard InChI is InChI=1S/C8H8Cl2O2/c9-8(10)3-1-2-6(5-8)4-7(11)12/h1-3H,4-5H2,(H,11,12). The fourth-order valence-electron chi connectivity index (χ4n) is 1.06. The molecule has 0 atom stereocenters. The average Bonchev–Trinajstić information content (AvgIpc) is 1.82. The zero-order valence-corrected chi connectivity index (χ0v) is 7.77. The summed E-state index contributed by atoms with van der Waals surface area (Å²) in [6.07, 6.45) is 5.45. The van der Waals surface area contributed by atoms with Gasteiger partial charge in [-0.05, 0) is 6.08 Å². The number of aliphatic carboxylic acids is 1. The Hall–Kier alpha value is -0.470. The van der Waals surface area contributed by atoms with Gasteiger partial charge in [-0.2, -0.15) is 0 Å². The summed E-state index contributed by atoms with van der Waals surface area (Å²) in [4.78, 5) is 10.3. The smallest absolute Gasteiger partial charge is 0.307 e. The fourth-order valence-corrected chi connectivity index (χ4v) is 1.55. The van der Waals surface area contributed by atoms with Crippen LogP contribution in [-0.2, 0) is 4.79 Å².